The molecule has 12 nitrogen and oxygen atoms in total. The summed E-state index contributed by atoms with van der Waals surface area (Å²) in [6, 6.07) is 12.7. The van der Waals surface area contributed by atoms with Crippen molar-refractivity contribution < 1.29 is 16.8 Å². The molecule has 15 heteroatoms. The van der Waals surface area contributed by atoms with E-state index in [0.717, 1.165) is 37.7 Å². The predicted octanol–water partition coefficient (Wildman–Crippen LogP) is 4.13. The molecule has 6 rings (SSSR count). The molecule has 2 aromatic carbocycles. The number of aromatic nitrogens is 5. The second-order valence-electron chi connectivity index (χ2n) is 11.7. The van der Waals surface area contributed by atoms with Crippen molar-refractivity contribution in [3.05, 3.63) is 75.3 Å². The Labute approximate surface area is 267 Å². The smallest absolute Gasteiger partial charge is 0.281 e. The highest BCUT2D eigenvalue weighted by molar-refractivity contribution is 7.89. The first kappa shape index (κ1) is 31.8. The number of piperidine rings is 1. The fourth-order valence-corrected chi connectivity index (χ4v) is 9.87. The number of fused-ring (bicyclic) bond motifs is 1. The predicted molar refractivity (Wildman–Crippen MR) is 170 cm³/mol. The molecule has 1 saturated carbocycles. The minimum atomic E-state index is -3.94. The summed E-state index contributed by atoms with van der Waals surface area (Å²) < 4.78 is 58.9. The zero-order chi connectivity index (χ0) is 31.8. The van der Waals surface area contributed by atoms with Crippen molar-refractivity contribution in [2.45, 2.75) is 80.2 Å². The van der Waals surface area contributed by atoms with E-state index in [1.807, 2.05) is 19.1 Å². The van der Waals surface area contributed by atoms with Gasteiger partial charge in [-0.05, 0) is 67.6 Å². The van der Waals surface area contributed by atoms with Gasteiger partial charge in [-0.2, -0.15) is 8.61 Å². The molecule has 3 heterocycles. The molecule has 1 aliphatic carbocycles. The lowest BCUT2D eigenvalue weighted by Gasteiger charge is -2.33. The number of hydrogen-bond acceptors (Lipinski definition) is 8. The van der Waals surface area contributed by atoms with Gasteiger partial charge in [0.15, 0.2) is 11.2 Å². The number of rotatable bonds is 9. The Morgan fingerprint density at radius 3 is 2.42 bits per heavy atom. The summed E-state index contributed by atoms with van der Waals surface area (Å²) in [6.07, 6.45) is 5.99. The van der Waals surface area contributed by atoms with Gasteiger partial charge in [0.2, 0.25) is 20.0 Å². The summed E-state index contributed by atoms with van der Waals surface area (Å²) in [6.45, 7) is 2.91. The van der Waals surface area contributed by atoms with Crippen LogP contribution in [-0.4, -0.2) is 76.1 Å². The fourth-order valence-electron chi connectivity index (χ4n) is 6.44. The zero-order valence-electron chi connectivity index (χ0n) is 25.0. The summed E-state index contributed by atoms with van der Waals surface area (Å²) in [5.41, 5.74) is 0.822. The van der Waals surface area contributed by atoms with Gasteiger partial charge in [-0.1, -0.05) is 55.1 Å². The first-order valence-electron chi connectivity index (χ1n) is 15.3. The Morgan fingerprint density at radius 2 is 1.71 bits per heavy atom. The quantitative estimate of drug-likeness (QED) is 0.279. The van der Waals surface area contributed by atoms with Crippen molar-refractivity contribution >= 4 is 42.8 Å². The third-order valence-electron chi connectivity index (χ3n) is 8.75. The van der Waals surface area contributed by atoms with E-state index in [4.69, 9.17) is 11.6 Å². The molecule has 1 aliphatic heterocycles. The van der Waals surface area contributed by atoms with Crippen molar-refractivity contribution in [1.29, 1.82) is 0 Å². The van der Waals surface area contributed by atoms with Crippen molar-refractivity contribution in [3.63, 3.8) is 0 Å². The van der Waals surface area contributed by atoms with E-state index in [0.29, 0.717) is 49.0 Å². The van der Waals surface area contributed by atoms with Crippen LogP contribution in [0.1, 0.15) is 69.2 Å². The van der Waals surface area contributed by atoms with Gasteiger partial charge in [0.1, 0.15) is 5.82 Å². The Bertz CT molecular complexity index is 1960. The number of halogens is 1. The van der Waals surface area contributed by atoms with Gasteiger partial charge in [-0.15, -0.1) is 5.10 Å². The van der Waals surface area contributed by atoms with Gasteiger partial charge in [0.05, 0.1) is 16.3 Å². The normalized spacial score (nSPS) is 19.0. The topological polar surface area (TPSA) is 151 Å². The van der Waals surface area contributed by atoms with Crippen molar-refractivity contribution in [1.82, 2.24) is 33.6 Å². The van der Waals surface area contributed by atoms with E-state index in [9.17, 15) is 21.6 Å². The van der Waals surface area contributed by atoms with E-state index in [1.165, 1.54) is 33.3 Å². The first-order valence-corrected chi connectivity index (χ1v) is 18.5. The van der Waals surface area contributed by atoms with Crippen LogP contribution in [0.2, 0.25) is 5.02 Å². The van der Waals surface area contributed by atoms with Crippen molar-refractivity contribution in [2.75, 3.05) is 19.6 Å². The molecule has 2 aliphatic rings. The first-order chi connectivity index (χ1) is 21.6. The molecule has 4 aromatic rings. The van der Waals surface area contributed by atoms with E-state index in [1.54, 1.807) is 16.4 Å². The second-order valence-corrected chi connectivity index (χ2v) is 15.9. The number of aromatic amines is 1. The molecular weight excluding hydrogens is 638 g/mol. The summed E-state index contributed by atoms with van der Waals surface area (Å²) in [7, 11) is -7.71. The van der Waals surface area contributed by atoms with E-state index >= 15 is 0 Å². The molecule has 0 radical (unpaired) electrons. The Kier molecular flexibility index (Phi) is 9.12. The van der Waals surface area contributed by atoms with E-state index < -0.39 is 25.6 Å². The monoisotopic (exact) mass is 673 g/mol. The van der Waals surface area contributed by atoms with Gasteiger partial charge in [0, 0.05) is 36.6 Å². The van der Waals surface area contributed by atoms with Crippen LogP contribution in [0.25, 0.3) is 11.2 Å². The molecule has 2 aromatic heterocycles. The van der Waals surface area contributed by atoms with Crippen LogP contribution in [0.15, 0.2) is 63.1 Å². The minimum absolute atomic E-state index is 0.0171. The van der Waals surface area contributed by atoms with Crippen LogP contribution < -0.4 is 5.56 Å². The highest BCUT2D eigenvalue weighted by Crippen LogP contribution is 2.31. The summed E-state index contributed by atoms with van der Waals surface area (Å²) in [5, 5.41) is 8.70. The van der Waals surface area contributed by atoms with Crippen LogP contribution in [0, 0.1) is 0 Å². The largest absolute Gasteiger partial charge is 0.308 e. The Morgan fingerprint density at radius 1 is 0.978 bits per heavy atom. The van der Waals surface area contributed by atoms with Crippen LogP contribution in [0.3, 0.4) is 0 Å². The van der Waals surface area contributed by atoms with Gasteiger partial charge in [-0.25, -0.2) is 26.5 Å². The average Bonchev–Trinajstić information content (AvgIpc) is 3.45. The molecular formula is C30H36ClN7O5S2. The van der Waals surface area contributed by atoms with Crippen LogP contribution in [-0.2, 0) is 26.6 Å². The van der Waals surface area contributed by atoms with Gasteiger partial charge in [-0.3, -0.25) is 4.79 Å². The lowest BCUT2D eigenvalue weighted by molar-refractivity contribution is 0.261. The minimum Gasteiger partial charge on any atom is -0.308 e. The average molecular weight is 674 g/mol. The Hall–Kier alpha value is -3.17. The maximum absolute atomic E-state index is 13.7. The third-order valence-corrected chi connectivity index (χ3v) is 12.9. The molecule has 2 fully saturated rings. The maximum Gasteiger partial charge on any atom is 0.281 e. The second kappa shape index (κ2) is 12.9. The zero-order valence-corrected chi connectivity index (χ0v) is 27.4. The van der Waals surface area contributed by atoms with Gasteiger partial charge >= 0.3 is 0 Å². The van der Waals surface area contributed by atoms with Crippen LogP contribution >= 0.6 is 11.6 Å². The Balaban J connectivity index is 1.22. The molecule has 0 unspecified atom stereocenters. The molecule has 240 valence electrons. The number of nitrogens with one attached hydrogen (secondary N) is 1. The van der Waals surface area contributed by atoms with Gasteiger partial charge < -0.3 is 4.98 Å². The van der Waals surface area contributed by atoms with Crippen LogP contribution in [0.4, 0.5) is 0 Å². The molecule has 1 atom stereocenters. The molecule has 1 saturated heterocycles. The molecule has 1 N–H and O–H groups in total. The number of hydrogen-bond donors (Lipinski definition) is 1. The molecule has 0 amide bonds. The number of nitrogens with zero attached hydrogens (tertiary/aromatic N) is 6. The number of benzene rings is 2. The van der Waals surface area contributed by atoms with Gasteiger partial charge in [0.25, 0.3) is 5.56 Å². The standard InChI is InChI=1S/C30H36ClN7O5S2/c1-2-38(24-11-4-3-5-12-24)45(42,43)26-15-13-25(14-16-26)44(40,41)36-17-7-9-22(20-36)28-32-29-27(30(39)33-28)34-35-37(29)19-21-8-6-10-23(31)18-21/h6,8,10,13-16,18,22,24H,2-5,7,9,11-12,17,19-20H2,1H3,(H,32,33,39)/t22-/m1/s1. The highest BCUT2D eigenvalue weighted by atomic mass is 35.5. The summed E-state index contributed by atoms with van der Waals surface area (Å²) in [5.74, 6) is -0.000688. The fraction of sp³-hybridized carbons (Fsp3) is 0.467. The van der Waals surface area contributed by atoms with E-state index in [2.05, 4.69) is 20.3 Å². The SMILES string of the molecule is CCN(C1CCCCC1)S(=O)(=O)c1ccc(S(=O)(=O)N2CCC[C@@H](c3nc4c(nnn4Cc4cccc(Cl)c4)c(=O)[nH]3)C2)cc1. The lowest BCUT2D eigenvalue weighted by atomic mass is 9.95. The molecule has 0 spiro atoms. The highest BCUT2D eigenvalue weighted by Gasteiger charge is 2.34. The van der Waals surface area contributed by atoms with Crippen molar-refractivity contribution in [3.8, 4) is 0 Å². The maximum atomic E-state index is 13.7. The third kappa shape index (κ3) is 6.43. The van der Waals surface area contributed by atoms with Crippen LogP contribution in [0.5, 0.6) is 0 Å². The molecule has 0 bridgehead atoms. The summed E-state index contributed by atoms with van der Waals surface area (Å²) >= 11 is 6.13. The van der Waals surface area contributed by atoms with Crippen molar-refractivity contribution in [2.24, 2.45) is 0 Å². The summed E-state index contributed by atoms with van der Waals surface area (Å²) in [4.78, 5) is 20.5. The lowest BCUT2D eigenvalue weighted by Crippen LogP contribution is -2.41. The van der Waals surface area contributed by atoms with E-state index in [-0.39, 0.29) is 33.8 Å². The molecule has 45 heavy (non-hydrogen) atoms. The number of sulfonamides is 2. The number of H-pyrrole nitrogens is 1.